The van der Waals surface area contributed by atoms with Gasteiger partial charge >= 0.3 is 6.09 Å². The lowest BCUT2D eigenvalue weighted by Crippen LogP contribution is -2.48. The first-order chi connectivity index (χ1) is 13.9. The lowest BCUT2D eigenvalue weighted by molar-refractivity contribution is 0.142. The van der Waals surface area contributed by atoms with Gasteiger partial charge in [-0.05, 0) is 80.0 Å². The molecular weight excluding hydrogens is 362 g/mol. The molecule has 3 aliphatic rings. The lowest BCUT2D eigenvalue weighted by atomic mass is 9.71. The molecule has 0 unspecified atom stereocenters. The molecule has 0 atom stereocenters. The van der Waals surface area contributed by atoms with Gasteiger partial charge < -0.3 is 19.8 Å². The van der Waals surface area contributed by atoms with Crippen molar-refractivity contribution in [3.8, 4) is 0 Å². The van der Waals surface area contributed by atoms with Crippen molar-refractivity contribution < 1.29 is 9.90 Å². The number of piperazine rings is 1. The van der Waals surface area contributed by atoms with Gasteiger partial charge in [0.2, 0.25) is 0 Å². The van der Waals surface area contributed by atoms with Crippen LogP contribution in [0.2, 0.25) is 0 Å². The van der Waals surface area contributed by atoms with Crippen molar-refractivity contribution in [2.24, 2.45) is 5.41 Å². The Morgan fingerprint density at radius 1 is 0.931 bits per heavy atom. The van der Waals surface area contributed by atoms with E-state index in [4.69, 9.17) is 0 Å². The first-order valence-corrected chi connectivity index (χ1v) is 11.5. The van der Waals surface area contributed by atoms with E-state index in [0.717, 1.165) is 13.1 Å². The first-order valence-electron chi connectivity index (χ1n) is 11.5. The van der Waals surface area contributed by atoms with Crippen molar-refractivity contribution in [3.63, 3.8) is 0 Å². The maximum absolute atomic E-state index is 11.3. The van der Waals surface area contributed by atoms with Crippen LogP contribution >= 0.6 is 0 Å². The van der Waals surface area contributed by atoms with Crippen LogP contribution in [-0.2, 0) is 0 Å². The maximum atomic E-state index is 11.3. The molecule has 2 aliphatic heterocycles. The molecule has 4 rings (SSSR count). The van der Waals surface area contributed by atoms with Crippen LogP contribution in [0.3, 0.4) is 0 Å². The summed E-state index contributed by atoms with van der Waals surface area (Å²) in [6.07, 6.45) is 8.26. The van der Waals surface area contributed by atoms with Gasteiger partial charge in [0.05, 0.1) is 0 Å². The highest BCUT2D eigenvalue weighted by Crippen LogP contribution is 2.45. The topological polar surface area (TPSA) is 47.0 Å². The van der Waals surface area contributed by atoms with E-state index in [2.05, 4.69) is 41.8 Å². The fourth-order valence-electron chi connectivity index (χ4n) is 5.35. The van der Waals surface area contributed by atoms with Gasteiger partial charge in [-0.15, -0.1) is 0 Å². The second-order valence-electron chi connectivity index (χ2n) is 9.99. The molecule has 1 amide bonds. The zero-order valence-corrected chi connectivity index (χ0v) is 18.2. The molecule has 2 saturated heterocycles. The molecule has 1 aromatic carbocycles. The summed E-state index contributed by atoms with van der Waals surface area (Å²) >= 11 is 0. The highest BCUT2D eigenvalue weighted by atomic mass is 16.4. The Balaban J connectivity index is 1.59. The zero-order valence-electron chi connectivity index (χ0n) is 18.2. The summed E-state index contributed by atoms with van der Waals surface area (Å²) in [4.78, 5) is 17.8. The van der Waals surface area contributed by atoms with E-state index in [1.54, 1.807) is 4.90 Å². The van der Waals surface area contributed by atoms with Gasteiger partial charge in [0.15, 0.2) is 0 Å². The van der Waals surface area contributed by atoms with Crippen LogP contribution in [0.4, 0.5) is 16.2 Å². The molecule has 5 heteroatoms. The molecular formula is C24H37N3O2. The molecule has 1 N–H and O–H groups in total. The van der Waals surface area contributed by atoms with E-state index in [1.807, 2.05) is 0 Å². The average molecular weight is 400 g/mol. The quantitative estimate of drug-likeness (QED) is 0.762. The normalized spacial score (nSPS) is 23.3. The number of benzene rings is 1. The number of amides is 1. The maximum Gasteiger partial charge on any atom is 0.407 e. The Labute approximate surface area is 175 Å². The molecule has 1 aliphatic carbocycles. The molecule has 3 fully saturated rings. The number of nitrogens with zero attached hydrogens (tertiary/aromatic N) is 3. The third-order valence-electron chi connectivity index (χ3n) is 7.40. The molecule has 160 valence electrons. The van der Waals surface area contributed by atoms with E-state index in [9.17, 15) is 9.90 Å². The van der Waals surface area contributed by atoms with Crippen molar-refractivity contribution >= 4 is 17.5 Å². The van der Waals surface area contributed by atoms with E-state index in [1.165, 1.54) is 75.0 Å². The monoisotopic (exact) mass is 399 g/mol. The van der Waals surface area contributed by atoms with Gasteiger partial charge in [-0.25, -0.2) is 4.79 Å². The summed E-state index contributed by atoms with van der Waals surface area (Å²) in [7, 11) is 0. The van der Waals surface area contributed by atoms with Gasteiger partial charge in [0, 0.05) is 50.6 Å². The van der Waals surface area contributed by atoms with E-state index in [-0.39, 0.29) is 0 Å². The van der Waals surface area contributed by atoms with Gasteiger partial charge in [-0.2, -0.15) is 0 Å². The predicted molar refractivity (Wildman–Crippen MR) is 119 cm³/mol. The van der Waals surface area contributed by atoms with E-state index < -0.39 is 6.09 Å². The third kappa shape index (κ3) is 4.65. The Kier molecular flexibility index (Phi) is 5.93. The average Bonchev–Trinajstić information content (AvgIpc) is 2.74. The molecule has 0 bridgehead atoms. The second kappa shape index (κ2) is 8.45. The standard InChI is InChI=1S/C24H37N3O2/c1-24(2)10-8-19(9-11-24)21-18-20(25-12-4-3-5-13-25)6-7-22(21)26-14-16-27(17-15-26)23(28)29/h6-7,18-19H,3-5,8-17H2,1-2H3,(H,28,29). The van der Waals surface area contributed by atoms with Crippen molar-refractivity contribution in [1.29, 1.82) is 0 Å². The van der Waals surface area contributed by atoms with Crippen molar-refractivity contribution in [2.75, 3.05) is 49.1 Å². The molecule has 5 nitrogen and oxygen atoms in total. The molecule has 0 radical (unpaired) electrons. The van der Waals surface area contributed by atoms with Gasteiger partial charge in [0.25, 0.3) is 0 Å². The van der Waals surface area contributed by atoms with Crippen LogP contribution in [-0.4, -0.2) is 55.4 Å². The predicted octanol–water partition coefficient (Wildman–Crippen LogP) is 5.16. The molecule has 2 heterocycles. The number of anilines is 2. The minimum atomic E-state index is -0.792. The number of piperidine rings is 1. The van der Waals surface area contributed by atoms with Crippen LogP contribution < -0.4 is 9.80 Å². The van der Waals surface area contributed by atoms with Crippen LogP contribution in [0, 0.1) is 5.41 Å². The minimum Gasteiger partial charge on any atom is -0.465 e. The number of hydrogen-bond donors (Lipinski definition) is 1. The number of carboxylic acid groups (broad SMARTS) is 1. The van der Waals surface area contributed by atoms with E-state index in [0.29, 0.717) is 24.4 Å². The SMILES string of the molecule is CC1(C)CCC(c2cc(N3CCCCC3)ccc2N2CCN(C(=O)O)CC2)CC1. The first kappa shape index (κ1) is 20.4. The molecule has 0 spiro atoms. The molecule has 0 aromatic heterocycles. The fourth-order valence-corrected chi connectivity index (χ4v) is 5.35. The largest absolute Gasteiger partial charge is 0.465 e. The lowest BCUT2D eigenvalue weighted by Gasteiger charge is -2.40. The summed E-state index contributed by atoms with van der Waals surface area (Å²) in [6, 6.07) is 7.11. The van der Waals surface area contributed by atoms with Crippen LogP contribution in [0.25, 0.3) is 0 Å². The molecule has 29 heavy (non-hydrogen) atoms. The second-order valence-corrected chi connectivity index (χ2v) is 9.99. The van der Waals surface area contributed by atoms with Gasteiger partial charge in [-0.3, -0.25) is 0 Å². The van der Waals surface area contributed by atoms with E-state index >= 15 is 0 Å². The highest BCUT2D eigenvalue weighted by molar-refractivity contribution is 5.67. The van der Waals surface area contributed by atoms with Crippen LogP contribution in [0.15, 0.2) is 18.2 Å². The Bertz CT molecular complexity index is 709. The van der Waals surface area contributed by atoms with Crippen molar-refractivity contribution in [2.45, 2.75) is 64.7 Å². The number of carbonyl (C=O) groups is 1. The van der Waals surface area contributed by atoms with Crippen molar-refractivity contribution in [3.05, 3.63) is 23.8 Å². The molecule has 1 aromatic rings. The Morgan fingerprint density at radius 2 is 1.59 bits per heavy atom. The summed E-state index contributed by atoms with van der Waals surface area (Å²) in [5.41, 5.74) is 4.71. The Morgan fingerprint density at radius 3 is 2.21 bits per heavy atom. The summed E-state index contributed by atoms with van der Waals surface area (Å²) in [5, 5.41) is 9.29. The van der Waals surface area contributed by atoms with Crippen LogP contribution in [0.5, 0.6) is 0 Å². The zero-order chi connectivity index (χ0) is 20.4. The number of hydrogen-bond acceptors (Lipinski definition) is 3. The highest BCUT2D eigenvalue weighted by Gasteiger charge is 2.31. The molecule has 1 saturated carbocycles. The fraction of sp³-hybridized carbons (Fsp3) is 0.708. The van der Waals surface area contributed by atoms with Crippen molar-refractivity contribution in [1.82, 2.24) is 4.90 Å². The summed E-state index contributed by atoms with van der Waals surface area (Å²) in [6.45, 7) is 9.93. The minimum absolute atomic E-state index is 0.467. The number of rotatable bonds is 3. The van der Waals surface area contributed by atoms with Crippen LogP contribution in [0.1, 0.15) is 70.3 Å². The summed E-state index contributed by atoms with van der Waals surface area (Å²) in [5.74, 6) is 0.625. The van der Waals surface area contributed by atoms with Gasteiger partial charge in [0.1, 0.15) is 0 Å². The third-order valence-corrected chi connectivity index (χ3v) is 7.40. The Hall–Kier alpha value is -1.91. The van der Waals surface area contributed by atoms with Gasteiger partial charge in [-0.1, -0.05) is 13.8 Å². The summed E-state index contributed by atoms with van der Waals surface area (Å²) < 4.78 is 0. The smallest absolute Gasteiger partial charge is 0.407 e.